The maximum absolute atomic E-state index is 11.0. The first-order valence-corrected chi connectivity index (χ1v) is 6.49. The number of nitrogens with one attached hydrogen (secondary N) is 1. The quantitative estimate of drug-likeness (QED) is 0.791. The smallest absolute Gasteiger partial charge is 0.221 e. The summed E-state index contributed by atoms with van der Waals surface area (Å²) in [5, 5.41) is 9.45. The maximum Gasteiger partial charge on any atom is 0.221 e. The zero-order valence-electron chi connectivity index (χ0n) is 11.2. The van der Waals surface area contributed by atoms with Gasteiger partial charge in [0, 0.05) is 13.1 Å². The lowest BCUT2D eigenvalue weighted by Gasteiger charge is -2.06. The summed E-state index contributed by atoms with van der Waals surface area (Å²) in [6.45, 7) is 2.17. The Kier molecular flexibility index (Phi) is 3.21. The van der Waals surface area contributed by atoms with Crippen LogP contribution in [0.4, 0.5) is 5.69 Å². The van der Waals surface area contributed by atoms with Crippen LogP contribution in [-0.4, -0.2) is 15.7 Å². The molecule has 100 valence electrons. The Morgan fingerprint density at radius 3 is 2.85 bits per heavy atom. The predicted octanol–water partition coefficient (Wildman–Crippen LogP) is 3.04. The van der Waals surface area contributed by atoms with Crippen molar-refractivity contribution in [3.05, 3.63) is 60.4 Å². The van der Waals surface area contributed by atoms with E-state index in [9.17, 15) is 4.79 Å². The van der Waals surface area contributed by atoms with Crippen LogP contribution in [0.15, 0.2) is 54.9 Å². The Bertz CT molecular complexity index is 756. The van der Waals surface area contributed by atoms with E-state index in [1.165, 1.54) is 23.3 Å². The van der Waals surface area contributed by atoms with Crippen molar-refractivity contribution in [2.75, 3.05) is 5.32 Å². The summed E-state index contributed by atoms with van der Waals surface area (Å²) in [6, 6.07) is 14.5. The van der Waals surface area contributed by atoms with Crippen LogP contribution in [-0.2, 0) is 11.3 Å². The van der Waals surface area contributed by atoms with E-state index >= 15 is 0 Å². The summed E-state index contributed by atoms with van der Waals surface area (Å²) in [5.74, 6) is -0.0882. The first-order chi connectivity index (χ1) is 9.72. The first kappa shape index (κ1) is 12.4. The van der Waals surface area contributed by atoms with E-state index in [1.54, 1.807) is 6.20 Å². The highest BCUT2D eigenvalue weighted by Crippen LogP contribution is 2.19. The number of rotatable bonds is 3. The average molecular weight is 265 g/mol. The Hall–Kier alpha value is -2.62. The van der Waals surface area contributed by atoms with Crippen LogP contribution in [0.25, 0.3) is 10.8 Å². The van der Waals surface area contributed by atoms with Gasteiger partial charge < -0.3 is 5.32 Å². The molecule has 0 aliphatic rings. The molecule has 0 fully saturated rings. The van der Waals surface area contributed by atoms with Gasteiger partial charge in [0.1, 0.15) is 0 Å². The molecule has 0 saturated carbocycles. The molecule has 1 N–H and O–H groups in total. The molecule has 20 heavy (non-hydrogen) atoms. The molecule has 0 atom stereocenters. The Morgan fingerprint density at radius 2 is 2.00 bits per heavy atom. The molecule has 0 aliphatic carbocycles. The van der Waals surface area contributed by atoms with Crippen LogP contribution in [0.2, 0.25) is 0 Å². The molecule has 3 aromatic rings. The van der Waals surface area contributed by atoms with Crippen LogP contribution >= 0.6 is 0 Å². The Labute approximate surface area is 117 Å². The summed E-state index contributed by atoms with van der Waals surface area (Å²) >= 11 is 0. The fourth-order valence-electron chi connectivity index (χ4n) is 2.32. The monoisotopic (exact) mass is 265 g/mol. The van der Waals surface area contributed by atoms with Crippen molar-refractivity contribution < 1.29 is 4.79 Å². The van der Waals surface area contributed by atoms with Gasteiger partial charge in [-0.25, -0.2) is 0 Å². The number of benzene rings is 2. The van der Waals surface area contributed by atoms with Gasteiger partial charge in [0.05, 0.1) is 18.4 Å². The summed E-state index contributed by atoms with van der Waals surface area (Å²) in [7, 11) is 0. The van der Waals surface area contributed by atoms with Gasteiger partial charge >= 0.3 is 0 Å². The number of carbonyl (C=O) groups excluding carboxylic acids is 1. The van der Waals surface area contributed by atoms with E-state index in [0.717, 1.165) is 5.69 Å². The molecular weight excluding hydrogens is 250 g/mol. The average Bonchev–Trinajstić information content (AvgIpc) is 2.86. The van der Waals surface area contributed by atoms with Crippen molar-refractivity contribution in [1.82, 2.24) is 9.78 Å². The Balaban J connectivity index is 1.89. The van der Waals surface area contributed by atoms with Crippen LogP contribution in [0, 0.1) is 0 Å². The van der Waals surface area contributed by atoms with E-state index in [2.05, 4.69) is 40.7 Å². The minimum Gasteiger partial charge on any atom is -0.324 e. The van der Waals surface area contributed by atoms with Gasteiger partial charge in [0.15, 0.2) is 0 Å². The summed E-state index contributed by atoms with van der Waals surface area (Å²) in [4.78, 5) is 11.0. The van der Waals surface area contributed by atoms with Crippen molar-refractivity contribution in [3.8, 4) is 0 Å². The van der Waals surface area contributed by atoms with Gasteiger partial charge in [-0.05, 0) is 16.3 Å². The number of amides is 1. The molecule has 1 amide bonds. The molecule has 2 aromatic carbocycles. The van der Waals surface area contributed by atoms with Crippen LogP contribution < -0.4 is 5.32 Å². The highest BCUT2D eigenvalue weighted by molar-refractivity contribution is 5.88. The molecule has 0 aliphatic heterocycles. The molecule has 1 aromatic heterocycles. The van der Waals surface area contributed by atoms with Gasteiger partial charge in [0.25, 0.3) is 0 Å². The van der Waals surface area contributed by atoms with Gasteiger partial charge in [-0.1, -0.05) is 42.5 Å². The van der Waals surface area contributed by atoms with Crippen molar-refractivity contribution in [3.63, 3.8) is 0 Å². The van der Waals surface area contributed by atoms with Gasteiger partial charge in [-0.2, -0.15) is 5.10 Å². The van der Waals surface area contributed by atoms with Crippen LogP contribution in [0.1, 0.15) is 12.5 Å². The zero-order valence-corrected chi connectivity index (χ0v) is 11.2. The van der Waals surface area contributed by atoms with Crippen molar-refractivity contribution in [2.24, 2.45) is 0 Å². The van der Waals surface area contributed by atoms with E-state index < -0.39 is 0 Å². The second kappa shape index (κ2) is 5.17. The number of hydrogen-bond acceptors (Lipinski definition) is 2. The van der Waals surface area contributed by atoms with Gasteiger partial charge in [-0.3, -0.25) is 9.48 Å². The number of anilines is 1. The van der Waals surface area contributed by atoms with Crippen molar-refractivity contribution in [1.29, 1.82) is 0 Å². The molecule has 4 heteroatoms. The lowest BCUT2D eigenvalue weighted by Crippen LogP contribution is -2.05. The highest BCUT2D eigenvalue weighted by atomic mass is 16.1. The summed E-state index contributed by atoms with van der Waals surface area (Å²) < 4.78 is 1.83. The molecule has 4 nitrogen and oxygen atoms in total. The maximum atomic E-state index is 11.0. The lowest BCUT2D eigenvalue weighted by molar-refractivity contribution is -0.114. The van der Waals surface area contributed by atoms with Gasteiger partial charge in [0.2, 0.25) is 5.91 Å². The molecule has 1 heterocycles. The lowest BCUT2D eigenvalue weighted by atomic mass is 10.0. The number of fused-ring (bicyclic) bond motifs is 1. The number of carbonyl (C=O) groups is 1. The standard InChI is InChI=1S/C16H15N3O/c1-12(20)18-15-9-17-19(11-15)10-14-7-4-6-13-5-2-3-8-16(13)14/h2-9,11H,10H2,1H3,(H,18,20). The zero-order chi connectivity index (χ0) is 13.9. The molecular formula is C16H15N3O. The van der Waals surface area contributed by atoms with E-state index in [1.807, 2.05) is 23.0 Å². The number of nitrogens with zero attached hydrogens (tertiary/aromatic N) is 2. The third-order valence-corrected chi connectivity index (χ3v) is 3.17. The topological polar surface area (TPSA) is 46.9 Å². The van der Waals surface area contributed by atoms with E-state index in [4.69, 9.17) is 0 Å². The number of hydrogen-bond donors (Lipinski definition) is 1. The third-order valence-electron chi connectivity index (χ3n) is 3.17. The minimum atomic E-state index is -0.0882. The normalized spacial score (nSPS) is 10.7. The first-order valence-electron chi connectivity index (χ1n) is 6.49. The fraction of sp³-hybridized carbons (Fsp3) is 0.125. The van der Waals surface area contributed by atoms with Crippen molar-refractivity contribution in [2.45, 2.75) is 13.5 Å². The molecule has 0 saturated heterocycles. The van der Waals surface area contributed by atoms with E-state index in [0.29, 0.717) is 6.54 Å². The van der Waals surface area contributed by atoms with Gasteiger partial charge in [-0.15, -0.1) is 0 Å². The summed E-state index contributed by atoms with van der Waals surface area (Å²) in [6.07, 6.45) is 3.50. The fourth-order valence-corrected chi connectivity index (χ4v) is 2.32. The predicted molar refractivity (Wildman–Crippen MR) is 79.6 cm³/mol. The minimum absolute atomic E-state index is 0.0882. The second-order valence-electron chi connectivity index (χ2n) is 4.75. The summed E-state index contributed by atoms with van der Waals surface area (Å²) in [5.41, 5.74) is 1.93. The molecule has 0 spiro atoms. The molecule has 0 bridgehead atoms. The largest absolute Gasteiger partial charge is 0.324 e. The SMILES string of the molecule is CC(=O)Nc1cnn(Cc2cccc3ccccc23)c1. The third kappa shape index (κ3) is 2.54. The second-order valence-corrected chi connectivity index (χ2v) is 4.75. The Morgan fingerprint density at radius 1 is 1.20 bits per heavy atom. The van der Waals surface area contributed by atoms with Crippen molar-refractivity contribution >= 4 is 22.4 Å². The van der Waals surface area contributed by atoms with Crippen LogP contribution in [0.5, 0.6) is 0 Å². The highest BCUT2D eigenvalue weighted by Gasteiger charge is 2.04. The van der Waals surface area contributed by atoms with E-state index in [-0.39, 0.29) is 5.91 Å². The number of aromatic nitrogens is 2. The molecule has 0 unspecified atom stereocenters. The molecule has 3 rings (SSSR count). The van der Waals surface area contributed by atoms with Crippen LogP contribution in [0.3, 0.4) is 0 Å². The molecule has 0 radical (unpaired) electrons.